The predicted octanol–water partition coefficient (Wildman–Crippen LogP) is 9.90. The summed E-state index contributed by atoms with van der Waals surface area (Å²) in [5, 5.41) is 0. The van der Waals surface area contributed by atoms with Crippen molar-refractivity contribution in [2.24, 2.45) is 0 Å². The summed E-state index contributed by atoms with van der Waals surface area (Å²) in [6, 6.07) is 38.2. The first-order valence-corrected chi connectivity index (χ1v) is 12.4. The van der Waals surface area contributed by atoms with Crippen LogP contribution in [0.4, 0.5) is 0 Å². The molecule has 35 heavy (non-hydrogen) atoms. The van der Waals surface area contributed by atoms with E-state index in [2.05, 4.69) is 138 Å². The van der Waals surface area contributed by atoms with Gasteiger partial charge in [0.2, 0.25) is 0 Å². The fourth-order valence-corrected chi connectivity index (χ4v) is 4.91. The normalized spacial score (nSPS) is 11.0. The van der Waals surface area contributed by atoms with Gasteiger partial charge in [0, 0.05) is 0 Å². The summed E-state index contributed by atoms with van der Waals surface area (Å²) in [5.41, 5.74) is 16.6. The summed E-state index contributed by atoms with van der Waals surface area (Å²) in [5.74, 6) is 0. The highest BCUT2D eigenvalue weighted by Gasteiger charge is 2.12. The Morgan fingerprint density at radius 3 is 1.29 bits per heavy atom. The van der Waals surface area contributed by atoms with E-state index < -0.39 is 0 Å². The Balaban J connectivity index is 1.64. The molecule has 0 atom stereocenters. The Morgan fingerprint density at radius 1 is 0.314 bits per heavy atom. The quantitative estimate of drug-likeness (QED) is 0.254. The van der Waals surface area contributed by atoms with Crippen LogP contribution < -0.4 is 0 Å². The lowest BCUT2D eigenvalue weighted by Gasteiger charge is -2.16. The van der Waals surface area contributed by atoms with E-state index in [-0.39, 0.29) is 0 Å². The average molecular weight is 453 g/mol. The minimum absolute atomic E-state index is 1.25. The minimum Gasteiger partial charge on any atom is -0.0610 e. The monoisotopic (exact) mass is 452 g/mol. The number of hydrogen-bond acceptors (Lipinski definition) is 0. The van der Waals surface area contributed by atoms with Gasteiger partial charge in [0.15, 0.2) is 0 Å². The molecule has 0 spiro atoms. The molecule has 0 amide bonds. The standard InChI is InChI=1S/C35H32/c1-23-12-14-28(15-13-23)29-8-6-10-31(21-29)34-19-26(4)27(5)20-35(34)32-11-7-9-30(22-32)33-17-24(2)16-25(3)18-33/h6-22H,1-5H3. The van der Waals surface area contributed by atoms with Crippen molar-refractivity contribution in [1.29, 1.82) is 0 Å². The molecule has 0 aliphatic heterocycles. The molecule has 5 aromatic rings. The predicted molar refractivity (Wildman–Crippen MR) is 152 cm³/mol. The summed E-state index contributed by atoms with van der Waals surface area (Å²) < 4.78 is 0. The molecule has 0 aliphatic rings. The molecule has 5 rings (SSSR count). The first-order chi connectivity index (χ1) is 16.9. The molecule has 0 fully saturated rings. The largest absolute Gasteiger partial charge is 0.0610 e. The van der Waals surface area contributed by atoms with Crippen molar-refractivity contribution in [2.45, 2.75) is 34.6 Å². The highest BCUT2D eigenvalue weighted by Crippen LogP contribution is 2.37. The topological polar surface area (TPSA) is 0 Å². The van der Waals surface area contributed by atoms with E-state index in [1.807, 2.05) is 0 Å². The fraction of sp³-hybridized carbons (Fsp3) is 0.143. The first-order valence-electron chi connectivity index (χ1n) is 12.4. The molecule has 0 bridgehead atoms. The average Bonchev–Trinajstić information content (AvgIpc) is 2.85. The van der Waals surface area contributed by atoms with Gasteiger partial charge in [-0.2, -0.15) is 0 Å². The maximum atomic E-state index is 2.35. The van der Waals surface area contributed by atoms with Gasteiger partial charge in [0.25, 0.3) is 0 Å². The molecule has 0 heteroatoms. The van der Waals surface area contributed by atoms with Crippen molar-refractivity contribution in [2.75, 3.05) is 0 Å². The molecular weight excluding hydrogens is 420 g/mol. The highest BCUT2D eigenvalue weighted by atomic mass is 14.2. The zero-order valence-corrected chi connectivity index (χ0v) is 21.3. The number of hydrogen-bond donors (Lipinski definition) is 0. The Kier molecular flexibility index (Phi) is 6.14. The molecule has 0 radical (unpaired) electrons. The van der Waals surface area contributed by atoms with Crippen LogP contribution in [0.15, 0.2) is 103 Å². The number of aryl methyl sites for hydroxylation is 5. The van der Waals surface area contributed by atoms with Crippen molar-refractivity contribution in [3.63, 3.8) is 0 Å². The molecule has 0 saturated heterocycles. The zero-order valence-electron chi connectivity index (χ0n) is 21.3. The van der Waals surface area contributed by atoms with E-state index in [0.29, 0.717) is 0 Å². The van der Waals surface area contributed by atoms with Gasteiger partial charge in [0.05, 0.1) is 0 Å². The second kappa shape index (κ2) is 9.39. The van der Waals surface area contributed by atoms with Gasteiger partial charge in [-0.15, -0.1) is 0 Å². The third-order valence-electron chi connectivity index (χ3n) is 6.92. The third kappa shape index (κ3) is 4.84. The van der Waals surface area contributed by atoms with Gasteiger partial charge >= 0.3 is 0 Å². The van der Waals surface area contributed by atoms with Gasteiger partial charge in [-0.05, 0) is 102 Å². The van der Waals surface area contributed by atoms with Gasteiger partial charge in [-0.1, -0.05) is 108 Å². The smallest absolute Gasteiger partial charge is 0.0102 e. The zero-order chi connectivity index (χ0) is 24.5. The van der Waals surface area contributed by atoms with Gasteiger partial charge < -0.3 is 0 Å². The van der Waals surface area contributed by atoms with E-state index in [9.17, 15) is 0 Å². The Labute approximate surface area is 209 Å². The van der Waals surface area contributed by atoms with Gasteiger partial charge in [0.1, 0.15) is 0 Å². The van der Waals surface area contributed by atoms with Crippen LogP contribution in [0.5, 0.6) is 0 Å². The fourth-order valence-electron chi connectivity index (χ4n) is 4.91. The van der Waals surface area contributed by atoms with E-state index in [1.165, 1.54) is 72.3 Å². The van der Waals surface area contributed by atoms with Crippen LogP contribution in [-0.4, -0.2) is 0 Å². The minimum atomic E-state index is 1.25. The van der Waals surface area contributed by atoms with Crippen molar-refractivity contribution in [3.8, 4) is 44.5 Å². The summed E-state index contributed by atoms with van der Waals surface area (Å²) in [6.45, 7) is 10.9. The third-order valence-corrected chi connectivity index (χ3v) is 6.92. The van der Waals surface area contributed by atoms with E-state index in [0.717, 1.165) is 0 Å². The Bertz CT molecular complexity index is 1500. The van der Waals surface area contributed by atoms with Crippen molar-refractivity contribution >= 4 is 0 Å². The van der Waals surface area contributed by atoms with E-state index >= 15 is 0 Å². The maximum absolute atomic E-state index is 2.35. The second-order valence-corrected chi connectivity index (χ2v) is 9.89. The molecule has 0 aromatic heterocycles. The highest BCUT2D eigenvalue weighted by molar-refractivity contribution is 5.88. The number of benzene rings is 5. The van der Waals surface area contributed by atoms with E-state index in [4.69, 9.17) is 0 Å². The molecule has 172 valence electrons. The molecular formula is C35H32. The SMILES string of the molecule is Cc1ccc(-c2cccc(-c3cc(C)c(C)cc3-c3cccc(-c4cc(C)cc(C)c4)c3)c2)cc1. The summed E-state index contributed by atoms with van der Waals surface area (Å²) in [7, 11) is 0. The molecule has 0 saturated carbocycles. The van der Waals surface area contributed by atoms with Crippen LogP contribution in [0.3, 0.4) is 0 Å². The van der Waals surface area contributed by atoms with Crippen molar-refractivity contribution < 1.29 is 0 Å². The summed E-state index contributed by atoms with van der Waals surface area (Å²) in [4.78, 5) is 0. The molecule has 0 heterocycles. The van der Waals surface area contributed by atoms with Crippen molar-refractivity contribution in [3.05, 3.63) is 131 Å². The molecule has 5 aromatic carbocycles. The number of rotatable bonds is 4. The van der Waals surface area contributed by atoms with Crippen LogP contribution >= 0.6 is 0 Å². The Hall–Kier alpha value is -3.90. The Morgan fingerprint density at radius 2 is 0.771 bits per heavy atom. The van der Waals surface area contributed by atoms with Gasteiger partial charge in [-0.25, -0.2) is 0 Å². The van der Waals surface area contributed by atoms with Crippen molar-refractivity contribution in [1.82, 2.24) is 0 Å². The van der Waals surface area contributed by atoms with Crippen LogP contribution in [0.2, 0.25) is 0 Å². The lowest BCUT2D eigenvalue weighted by atomic mass is 9.88. The van der Waals surface area contributed by atoms with Crippen LogP contribution in [0.1, 0.15) is 27.8 Å². The van der Waals surface area contributed by atoms with Crippen LogP contribution in [0.25, 0.3) is 44.5 Å². The van der Waals surface area contributed by atoms with Gasteiger partial charge in [-0.3, -0.25) is 0 Å². The molecule has 0 nitrogen and oxygen atoms in total. The molecule has 0 unspecified atom stereocenters. The van der Waals surface area contributed by atoms with Crippen LogP contribution in [-0.2, 0) is 0 Å². The van der Waals surface area contributed by atoms with E-state index in [1.54, 1.807) is 0 Å². The second-order valence-electron chi connectivity index (χ2n) is 9.89. The lowest BCUT2D eigenvalue weighted by Crippen LogP contribution is -1.92. The van der Waals surface area contributed by atoms with Crippen LogP contribution in [0, 0.1) is 34.6 Å². The molecule has 0 aliphatic carbocycles. The lowest BCUT2D eigenvalue weighted by molar-refractivity contribution is 1.34. The maximum Gasteiger partial charge on any atom is -0.0102 e. The molecule has 0 N–H and O–H groups in total. The summed E-state index contributed by atoms with van der Waals surface area (Å²) >= 11 is 0. The summed E-state index contributed by atoms with van der Waals surface area (Å²) in [6.07, 6.45) is 0. The first kappa shape index (κ1) is 22.9.